The quantitative estimate of drug-likeness (QED) is 0.778. The van der Waals surface area contributed by atoms with Gasteiger partial charge in [-0.1, -0.05) is 18.2 Å². The summed E-state index contributed by atoms with van der Waals surface area (Å²) in [4.78, 5) is 11.0. The van der Waals surface area contributed by atoms with E-state index in [1.807, 2.05) is 25.4 Å². The molecular weight excluding hydrogens is 254 g/mol. The molecule has 0 radical (unpaired) electrons. The number of rotatable bonds is 2. The fraction of sp³-hybridized carbons (Fsp3) is 0.200. The van der Waals surface area contributed by atoms with Gasteiger partial charge in [-0.15, -0.1) is 0 Å². The smallest absolute Gasteiger partial charge is 0.356 e. The number of para-hydroxylation sites is 1. The number of aromatic carboxylic acids is 1. The molecule has 0 atom stereocenters. The number of nitrogens with zero attached hydrogens (tertiary/aromatic N) is 3. The number of fused-ring (bicyclic) bond motifs is 1. The van der Waals surface area contributed by atoms with Crippen LogP contribution in [0.25, 0.3) is 22.2 Å². The molecule has 0 bridgehead atoms. The molecular formula is C15H15N3O2. The van der Waals surface area contributed by atoms with Crippen molar-refractivity contribution in [2.24, 2.45) is 14.1 Å². The van der Waals surface area contributed by atoms with Gasteiger partial charge in [0.1, 0.15) is 0 Å². The summed E-state index contributed by atoms with van der Waals surface area (Å²) in [6.45, 7) is 2.07. The van der Waals surface area contributed by atoms with E-state index in [0.29, 0.717) is 0 Å². The standard InChI is InChI=1S/C15H15N3O2/c1-9-5-4-6-10-11(8-17(2)14(9)10)13-7-12(15(19)20)16-18(13)3/h4-8H,1-3H3,(H,19,20). The molecule has 5 nitrogen and oxygen atoms in total. The third kappa shape index (κ3) is 1.71. The van der Waals surface area contributed by atoms with Gasteiger partial charge in [0, 0.05) is 31.2 Å². The summed E-state index contributed by atoms with van der Waals surface area (Å²) >= 11 is 0. The third-order valence-electron chi connectivity index (χ3n) is 3.58. The number of carboxylic acids is 1. The molecule has 0 amide bonds. The summed E-state index contributed by atoms with van der Waals surface area (Å²) in [5.41, 5.74) is 4.21. The maximum Gasteiger partial charge on any atom is 0.356 e. The van der Waals surface area contributed by atoms with Gasteiger partial charge in [0.25, 0.3) is 0 Å². The Labute approximate surface area is 116 Å². The van der Waals surface area contributed by atoms with E-state index in [9.17, 15) is 4.79 Å². The van der Waals surface area contributed by atoms with Gasteiger partial charge in [-0.05, 0) is 18.6 Å². The van der Waals surface area contributed by atoms with Crippen LogP contribution in [0.2, 0.25) is 0 Å². The zero-order valence-electron chi connectivity index (χ0n) is 11.6. The van der Waals surface area contributed by atoms with Crippen LogP contribution in [0.4, 0.5) is 0 Å². The van der Waals surface area contributed by atoms with E-state index in [0.717, 1.165) is 22.2 Å². The average molecular weight is 269 g/mol. The van der Waals surface area contributed by atoms with Crippen LogP contribution < -0.4 is 0 Å². The molecule has 1 N–H and O–H groups in total. The van der Waals surface area contributed by atoms with Gasteiger partial charge in [0.2, 0.25) is 0 Å². The fourth-order valence-electron chi connectivity index (χ4n) is 2.70. The van der Waals surface area contributed by atoms with Gasteiger partial charge >= 0.3 is 5.97 Å². The Morgan fingerprint density at radius 1 is 1.30 bits per heavy atom. The lowest BCUT2D eigenvalue weighted by Crippen LogP contribution is -1.99. The van der Waals surface area contributed by atoms with Crippen molar-refractivity contribution >= 4 is 16.9 Å². The highest BCUT2D eigenvalue weighted by Crippen LogP contribution is 2.31. The molecule has 1 aromatic carbocycles. The number of benzene rings is 1. The minimum atomic E-state index is -1.01. The lowest BCUT2D eigenvalue weighted by molar-refractivity contribution is 0.0689. The molecule has 0 spiro atoms. The Morgan fingerprint density at radius 3 is 2.70 bits per heavy atom. The van der Waals surface area contributed by atoms with Gasteiger partial charge in [-0.2, -0.15) is 5.10 Å². The zero-order chi connectivity index (χ0) is 14.4. The molecule has 0 aliphatic carbocycles. The predicted octanol–water partition coefficient (Wildman–Crippen LogP) is 2.59. The van der Waals surface area contributed by atoms with E-state index >= 15 is 0 Å². The van der Waals surface area contributed by atoms with Crippen LogP contribution in [0.15, 0.2) is 30.5 Å². The Morgan fingerprint density at radius 2 is 2.05 bits per heavy atom. The number of carboxylic acid groups (broad SMARTS) is 1. The first-order valence-corrected chi connectivity index (χ1v) is 6.31. The van der Waals surface area contributed by atoms with Crippen molar-refractivity contribution in [3.8, 4) is 11.3 Å². The van der Waals surface area contributed by atoms with Crippen molar-refractivity contribution < 1.29 is 9.90 Å². The first kappa shape index (κ1) is 12.5. The second-order valence-corrected chi connectivity index (χ2v) is 4.97. The highest BCUT2D eigenvalue weighted by Gasteiger charge is 2.16. The fourth-order valence-corrected chi connectivity index (χ4v) is 2.70. The van der Waals surface area contributed by atoms with Crippen molar-refractivity contribution in [1.82, 2.24) is 14.3 Å². The first-order valence-electron chi connectivity index (χ1n) is 6.31. The summed E-state index contributed by atoms with van der Waals surface area (Å²) < 4.78 is 3.67. The molecule has 0 saturated carbocycles. The molecule has 20 heavy (non-hydrogen) atoms. The second-order valence-electron chi connectivity index (χ2n) is 4.97. The number of aromatic nitrogens is 3. The van der Waals surface area contributed by atoms with Crippen LogP contribution in [0.1, 0.15) is 16.1 Å². The van der Waals surface area contributed by atoms with Crippen molar-refractivity contribution in [2.45, 2.75) is 6.92 Å². The average Bonchev–Trinajstić information content (AvgIpc) is 2.92. The molecule has 2 heterocycles. The number of carbonyl (C=O) groups is 1. The van der Waals surface area contributed by atoms with Gasteiger partial charge in [-0.25, -0.2) is 4.79 Å². The second kappa shape index (κ2) is 4.23. The van der Waals surface area contributed by atoms with E-state index in [4.69, 9.17) is 5.11 Å². The third-order valence-corrected chi connectivity index (χ3v) is 3.58. The maximum absolute atomic E-state index is 11.0. The molecule has 0 aliphatic rings. The first-order chi connectivity index (χ1) is 9.49. The topological polar surface area (TPSA) is 60.0 Å². The van der Waals surface area contributed by atoms with E-state index in [2.05, 4.69) is 22.7 Å². The molecule has 0 unspecified atom stereocenters. The summed E-state index contributed by atoms with van der Waals surface area (Å²) in [7, 11) is 3.75. The van der Waals surface area contributed by atoms with Crippen LogP contribution in [0.3, 0.4) is 0 Å². The van der Waals surface area contributed by atoms with Crippen LogP contribution in [-0.4, -0.2) is 25.4 Å². The zero-order valence-corrected chi connectivity index (χ0v) is 11.6. The van der Waals surface area contributed by atoms with E-state index in [-0.39, 0.29) is 5.69 Å². The Hall–Kier alpha value is -2.56. The Kier molecular flexibility index (Phi) is 2.64. The van der Waals surface area contributed by atoms with Crippen molar-refractivity contribution in [1.29, 1.82) is 0 Å². The predicted molar refractivity (Wildman–Crippen MR) is 76.8 cm³/mol. The molecule has 2 aromatic heterocycles. The van der Waals surface area contributed by atoms with Gasteiger partial charge < -0.3 is 9.67 Å². The minimum Gasteiger partial charge on any atom is -0.476 e. The normalized spacial score (nSPS) is 11.2. The van der Waals surface area contributed by atoms with Crippen LogP contribution in [0.5, 0.6) is 0 Å². The number of hydrogen-bond donors (Lipinski definition) is 1. The van der Waals surface area contributed by atoms with Crippen molar-refractivity contribution in [3.63, 3.8) is 0 Å². The van der Waals surface area contributed by atoms with Crippen LogP contribution in [0, 0.1) is 6.92 Å². The monoisotopic (exact) mass is 269 g/mol. The lowest BCUT2D eigenvalue weighted by atomic mass is 10.1. The molecule has 0 fully saturated rings. The van der Waals surface area contributed by atoms with Gasteiger partial charge in [0.05, 0.1) is 11.2 Å². The summed E-state index contributed by atoms with van der Waals surface area (Å²) in [6.07, 6.45) is 2.01. The Bertz CT molecular complexity index is 827. The number of hydrogen-bond acceptors (Lipinski definition) is 2. The summed E-state index contributed by atoms with van der Waals surface area (Å²) in [5, 5.41) is 14.2. The van der Waals surface area contributed by atoms with Crippen LogP contribution in [-0.2, 0) is 14.1 Å². The molecule has 102 valence electrons. The maximum atomic E-state index is 11.0. The minimum absolute atomic E-state index is 0.0622. The van der Waals surface area contributed by atoms with Gasteiger partial charge in [0.15, 0.2) is 5.69 Å². The molecule has 3 aromatic rings. The van der Waals surface area contributed by atoms with Crippen LogP contribution >= 0.6 is 0 Å². The molecule has 5 heteroatoms. The SMILES string of the molecule is Cc1cccc2c(-c3cc(C(=O)O)nn3C)cn(C)c12. The highest BCUT2D eigenvalue weighted by molar-refractivity contribution is 5.98. The summed E-state index contributed by atoms with van der Waals surface area (Å²) in [5.74, 6) is -1.01. The van der Waals surface area contributed by atoms with E-state index in [1.54, 1.807) is 17.8 Å². The Balaban J connectivity index is 2.30. The lowest BCUT2D eigenvalue weighted by Gasteiger charge is -2.01. The van der Waals surface area contributed by atoms with E-state index < -0.39 is 5.97 Å². The van der Waals surface area contributed by atoms with Crippen molar-refractivity contribution in [3.05, 3.63) is 41.7 Å². The molecule has 0 aliphatic heterocycles. The largest absolute Gasteiger partial charge is 0.476 e. The summed E-state index contributed by atoms with van der Waals surface area (Å²) in [6, 6.07) is 7.73. The molecule has 0 saturated heterocycles. The number of aryl methyl sites for hydroxylation is 3. The highest BCUT2D eigenvalue weighted by atomic mass is 16.4. The van der Waals surface area contributed by atoms with Crippen molar-refractivity contribution in [2.75, 3.05) is 0 Å². The molecule has 3 rings (SSSR count). The van der Waals surface area contributed by atoms with E-state index in [1.165, 1.54) is 5.56 Å². The van der Waals surface area contributed by atoms with Gasteiger partial charge in [-0.3, -0.25) is 4.68 Å².